The van der Waals surface area contributed by atoms with Gasteiger partial charge in [0.25, 0.3) is 5.91 Å². The van der Waals surface area contributed by atoms with Crippen LogP contribution in [0.4, 0.5) is 0 Å². The van der Waals surface area contributed by atoms with Crippen LogP contribution in [0, 0.1) is 5.92 Å². The van der Waals surface area contributed by atoms with Crippen molar-refractivity contribution in [3.8, 4) is 0 Å². The number of hydrogen-bond acceptors (Lipinski definition) is 5. The molecular formula is C11H16ClN3O3S2. The molecule has 20 heavy (non-hydrogen) atoms. The van der Waals surface area contributed by atoms with E-state index < -0.39 is 21.9 Å². The molecule has 0 aliphatic rings. The maximum absolute atomic E-state index is 12.6. The smallest absolute Gasteiger partial charge is 0.272 e. The molecule has 0 aliphatic heterocycles. The lowest BCUT2D eigenvalue weighted by Crippen LogP contribution is -2.33. The van der Waals surface area contributed by atoms with E-state index >= 15 is 0 Å². The Kier molecular flexibility index (Phi) is 6.12. The Hall–Kier alpha value is -0.960. The first-order chi connectivity index (χ1) is 9.28. The second kappa shape index (κ2) is 7.16. The first-order valence-corrected chi connectivity index (χ1v) is 8.57. The minimum Gasteiger partial charge on any atom is -0.320 e. The number of nitrogens with one attached hydrogen (secondary N) is 1. The molecule has 1 aromatic rings. The average molecular weight is 338 g/mol. The molecule has 0 spiro atoms. The summed E-state index contributed by atoms with van der Waals surface area (Å²) in [5.41, 5.74) is 5.70. The zero-order valence-corrected chi connectivity index (χ0v) is 13.4. The lowest BCUT2D eigenvalue weighted by atomic mass is 10.0. The van der Waals surface area contributed by atoms with Crippen molar-refractivity contribution in [1.29, 1.82) is 0 Å². The van der Waals surface area contributed by atoms with Gasteiger partial charge >= 0.3 is 0 Å². The molecule has 0 fully saturated rings. The Labute approximate surface area is 127 Å². The fraction of sp³-hybridized carbons (Fsp3) is 0.455. The van der Waals surface area contributed by atoms with Gasteiger partial charge in [0.1, 0.15) is 4.21 Å². The summed E-state index contributed by atoms with van der Waals surface area (Å²) in [5, 5.41) is 1.90. The summed E-state index contributed by atoms with van der Waals surface area (Å²) >= 11 is 6.80. The van der Waals surface area contributed by atoms with Crippen LogP contribution in [0.1, 0.15) is 20.3 Å². The molecule has 6 nitrogen and oxygen atoms in total. The maximum atomic E-state index is 12.6. The number of thiophene rings is 1. The van der Waals surface area contributed by atoms with E-state index in [9.17, 15) is 13.8 Å². The molecule has 0 aromatic carbocycles. The maximum Gasteiger partial charge on any atom is 0.272 e. The molecule has 2 atom stereocenters. The van der Waals surface area contributed by atoms with Crippen LogP contribution in [-0.2, 0) is 19.5 Å². The number of amides is 2. The van der Waals surface area contributed by atoms with Crippen LogP contribution in [0.3, 0.4) is 0 Å². The molecule has 0 radical (unpaired) electrons. The Balaban J connectivity index is 3.13. The van der Waals surface area contributed by atoms with Crippen LogP contribution in [0.2, 0.25) is 5.02 Å². The molecule has 0 saturated heterocycles. The standard InChI is InChI=1S/C11H16ClN3O3S2/c1-7(2)3-9(13)11(17)15-20(18,14-6-16)10-4-8(12)5-19-10/h4-7,9H,3,13H2,1-2H3,(H,14,15,16,17,18)/t9-,20?/m0/s1. The van der Waals surface area contributed by atoms with Crippen LogP contribution in [0.5, 0.6) is 0 Å². The Morgan fingerprint density at radius 2 is 2.30 bits per heavy atom. The summed E-state index contributed by atoms with van der Waals surface area (Å²) in [5.74, 6) is -0.502. The van der Waals surface area contributed by atoms with Gasteiger partial charge in [-0.25, -0.2) is 4.21 Å². The number of carbonyl (C=O) groups excluding carboxylic acids is 2. The summed E-state index contributed by atoms with van der Waals surface area (Å²) in [4.78, 5) is 22.5. The topological polar surface area (TPSA) is 102 Å². The van der Waals surface area contributed by atoms with Gasteiger partial charge in [0.05, 0.1) is 11.1 Å². The van der Waals surface area contributed by atoms with Gasteiger partial charge < -0.3 is 5.73 Å². The number of halogens is 1. The van der Waals surface area contributed by atoms with Gasteiger partial charge in [0.15, 0.2) is 9.92 Å². The summed E-state index contributed by atoms with van der Waals surface area (Å²) < 4.78 is 18.5. The number of rotatable bonds is 6. The molecule has 0 bridgehead atoms. The van der Waals surface area contributed by atoms with Gasteiger partial charge in [-0.1, -0.05) is 25.4 Å². The van der Waals surface area contributed by atoms with Gasteiger partial charge in [-0.15, -0.1) is 15.7 Å². The number of nitrogens with two attached hydrogens (primary N) is 1. The molecule has 112 valence electrons. The molecule has 1 aromatic heterocycles. The largest absolute Gasteiger partial charge is 0.320 e. The van der Waals surface area contributed by atoms with E-state index in [1.54, 1.807) is 0 Å². The van der Waals surface area contributed by atoms with Crippen molar-refractivity contribution in [1.82, 2.24) is 4.72 Å². The predicted molar refractivity (Wildman–Crippen MR) is 79.8 cm³/mol. The van der Waals surface area contributed by atoms with Gasteiger partial charge in [0.2, 0.25) is 6.41 Å². The molecule has 1 rings (SSSR count). The van der Waals surface area contributed by atoms with E-state index in [1.807, 2.05) is 13.8 Å². The molecule has 0 saturated carbocycles. The van der Waals surface area contributed by atoms with Crippen molar-refractivity contribution in [3.63, 3.8) is 0 Å². The zero-order valence-electron chi connectivity index (χ0n) is 11.0. The highest BCUT2D eigenvalue weighted by molar-refractivity contribution is 7.94. The normalized spacial score (nSPS) is 15.4. The molecule has 1 unspecified atom stereocenters. The van der Waals surface area contributed by atoms with Crippen LogP contribution >= 0.6 is 22.9 Å². The minimum atomic E-state index is -3.37. The lowest BCUT2D eigenvalue weighted by Gasteiger charge is -2.11. The summed E-state index contributed by atoms with van der Waals surface area (Å²) in [6.07, 6.45) is 0.658. The van der Waals surface area contributed by atoms with Crippen LogP contribution in [0.25, 0.3) is 0 Å². The quantitative estimate of drug-likeness (QED) is 0.772. The zero-order chi connectivity index (χ0) is 15.3. The van der Waals surface area contributed by atoms with Crippen molar-refractivity contribution >= 4 is 45.2 Å². The van der Waals surface area contributed by atoms with E-state index in [0.717, 1.165) is 11.3 Å². The highest BCUT2D eigenvalue weighted by Gasteiger charge is 2.21. The van der Waals surface area contributed by atoms with Crippen LogP contribution in [-0.4, -0.2) is 22.6 Å². The van der Waals surface area contributed by atoms with E-state index in [0.29, 0.717) is 11.4 Å². The number of carbonyl (C=O) groups is 2. The van der Waals surface area contributed by atoms with Crippen molar-refractivity contribution in [2.75, 3.05) is 0 Å². The van der Waals surface area contributed by atoms with Crippen molar-refractivity contribution < 1.29 is 13.8 Å². The number of hydrogen-bond donors (Lipinski definition) is 2. The molecule has 9 heteroatoms. The Bertz CT molecular complexity index is 606. The first kappa shape index (κ1) is 17.1. The molecule has 2 amide bonds. The third-order valence-electron chi connectivity index (χ3n) is 2.29. The van der Waals surface area contributed by atoms with Gasteiger partial charge in [-0.2, -0.15) is 0 Å². The third kappa shape index (κ3) is 4.55. The molecule has 1 heterocycles. The third-order valence-corrected chi connectivity index (χ3v) is 5.84. The minimum absolute atomic E-state index is 0.204. The van der Waals surface area contributed by atoms with E-state index in [-0.39, 0.29) is 16.5 Å². The Morgan fingerprint density at radius 1 is 1.65 bits per heavy atom. The predicted octanol–water partition coefficient (Wildman–Crippen LogP) is 1.79. The monoisotopic (exact) mass is 337 g/mol. The molecular weight excluding hydrogens is 322 g/mol. The van der Waals surface area contributed by atoms with E-state index in [2.05, 4.69) is 9.08 Å². The molecule has 3 N–H and O–H groups in total. The highest BCUT2D eigenvalue weighted by Crippen LogP contribution is 2.25. The lowest BCUT2D eigenvalue weighted by molar-refractivity contribution is -0.119. The summed E-state index contributed by atoms with van der Waals surface area (Å²) in [6.45, 7) is 3.82. The number of nitrogens with zero attached hydrogens (tertiary/aromatic N) is 1. The average Bonchev–Trinajstić information content (AvgIpc) is 2.75. The fourth-order valence-corrected chi connectivity index (χ4v) is 4.29. The van der Waals surface area contributed by atoms with E-state index in [4.69, 9.17) is 17.3 Å². The SMILES string of the molecule is CC(C)C[C@H](N)C(=O)N=S(=O)(NC=O)c1cc(Cl)cs1. The summed E-state index contributed by atoms with van der Waals surface area (Å²) in [6, 6.07) is 0.551. The van der Waals surface area contributed by atoms with Crippen molar-refractivity contribution in [2.45, 2.75) is 30.5 Å². The van der Waals surface area contributed by atoms with Crippen molar-refractivity contribution in [2.24, 2.45) is 16.0 Å². The van der Waals surface area contributed by atoms with Gasteiger partial charge in [0, 0.05) is 5.38 Å². The van der Waals surface area contributed by atoms with E-state index in [1.165, 1.54) is 11.4 Å². The summed E-state index contributed by atoms with van der Waals surface area (Å²) in [7, 11) is -3.37. The Morgan fingerprint density at radius 3 is 2.75 bits per heavy atom. The first-order valence-electron chi connectivity index (χ1n) is 5.80. The highest BCUT2D eigenvalue weighted by atomic mass is 35.5. The van der Waals surface area contributed by atoms with Crippen molar-refractivity contribution in [3.05, 3.63) is 16.5 Å². The molecule has 0 aliphatic carbocycles. The van der Waals surface area contributed by atoms with Crippen LogP contribution < -0.4 is 10.5 Å². The van der Waals surface area contributed by atoms with Gasteiger partial charge in [-0.05, 0) is 18.4 Å². The fourth-order valence-electron chi connectivity index (χ4n) is 1.44. The second-order valence-electron chi connectivity index (χ2n) is 4.51. The van der Waals surface area contributed by atoms with Gasteiger partial charge in [-0.3, -0.25) is 14.3 Å². The van der Waals surface area contributed by atoms with Crippen LogP contribution in [0.15, 0.2) is 20.0 Å². The second-order valence-corrected chi connectivity index (χ2v) is 8.03.